The summed E-state index contributed by atoms with van der Waals surface area (Å²) >= 11 is 0. The molecule has 3 atom stereocenters. The van der Waals surface area contributed by atoms with Gasteiger partial charge in [0.15, 0.2) is 5.69 Å². The number of rotatable bonds is 7. The maximum atomic E-state index is 14.3. The highest BCUT2D eigenvalue weighted by molar-refractivity contribution is 5.98. The molecule has 1 aromatic carbocycles. The van der Waals surface area contributed by atoms with Crippen LogP contribution in [-0.2, 0) is 27.5 Å². The number of nitrogens with one attached hydrogen (secondary N) is 1. The van der Waals surface area contributed by atoms with E-state index >= 15 is 0 Å². The van der Waals surface area contributed by atoms with Crippen molar-refractivity contribution in [2.24, 2.45) is 0 Å². The average molecular weight is 672 g/mol. The van der Waals surface area contributed by atoms with Crippen molar-refractivity contribution in [2.45, 2.75) is 69.9 Å². The predicted octanol–water partition coefficient (Wildman–Crippen LogP) is 3.77. The highest BCUT2D eigenvalue weighted by Crippen LogP contribution is 2.43. The van der Waals surface area contributed by atoms with E-state index in [2.05, 4.69) is 38.8 Å². The molecule has 3 aromatic rings. The van der Waals surface area contributed by atoms with Gasteiger partial charge >= 0.3 is 6.18 Å². The normalized spacial score (nSPS) is 25.8. The SMILES string of the molecule is C[C@@H]1CN(CC(=O)N2CC(C)(C)c3c2cc(Cc2ccc(F)cc2)c2nc(C(F)(F)F)cn32)[C@@H](CN2CCN(C3COC3)C[C@H]2C)CN1. The van der Waals surface area contributed by atoms with Crippen molar-refractivity contribution < 1.29 is 27.1 Å². The number of aromatic nitrogens is 2. The van der Waals surface area contributed by atoms with E-state index in [9.17, 15) is 22.4 Å². The van der Waals surface area contributed by atoms with Crippen molar-refractivity contribution in [3.05, 3.63) is 64.9 Å². The first-order chi connectivity index (χ1) is 22.8. The van der Waals surface area contributed by atoms with Gasteiger partial charge in [0.2, 0.25) is 5.91 Å². The zero-order chi connectivity index (χ0) is 34.0. The summed E-state index contributed by atoms with van der Waals surface area (Å²) in [5, 5.41) is 3.61. The highest BCUT2D eigenvalue weighted by Gasteiger charge is 2.44. The maximum Gasteiger partial charge on any atom is 0.434 e. The first-order valence-electron chi connectivity index (χ1n) is 17.0. The van der Waals surface area contributed by atoms with Gasteiger partial charge in [-0.05, 0) is 37.6 Å². The van der Waals surface area contributed by atoms with Gasteiger partial charge in [0.25, 0.3) is 0 Å². The van der Waals surface area contributed by atoms with Crippen LogP contribution in [0, 0.1) is 5.82 Å². The molecule has 7 rings (SSSR count). The highest BCUT2D eigenvalue weighted by atomic mass is 19.4. The third-order valence-electron chi connectivity index (χ3n) is 10.6. The standard InChI is InChI=1S/C35H45F4N7O2/c1-22-14-44(27(13-40-22)16-42-9-10-43(15-23(42)2)28-19-48-20-28)18-31(47)46-21-34(3,4)32-29(46)12-25(11-24-5-7-26(36)8-6-24)33-41-30(17-45(32)33)35(37,38)39/h5-8,12,17,22-23,27-28,40H,9-11,13-16,18-21H2,1-4H3/t22-,23-,27-/m1/s1. The van der Waals surface area contributed by atoms with Crippen LogP contribution in [0.25, 0.3) is 5.65 Å². The first kappa shape index (κ1) is 33.4. The fourth-order valence-corrected chi connectivity index (χ4v) is 7.94. The number of carbonyl (C=O) groups excluding carboxylic acids is 1. The van der Waals surface area contributed by atoms with E-state index in [1.165, 1.54) is 16.5 Å². The molecule has 4 aliphatic heterocycles. The van der Waals surface area contributed by atoms with Crippen LogP contribution in [0.2, 0.25) is 0 Å². The summed E-state index contributed by atoms with van der Waals surface area (Å²) in [6, 6.07) is 9.00. The number of benzene rings is 1. The molecule has 0 unspecified atom stereocenters. The van der Waals surface area contributed by atoms with E-state index in [0.717, 1.165) is 64.2 Å². The van der Waals surface area contributed by atoms with Crippen LogP contribution in [0.4, 0.5) is 23.2 Å². The number of alkyl halides is 3. The van der Waals surface area contributed by atoms with Gasteiger partial charge in [-0.15, -0.1) is 0 Å². The number of imidazole rings is 1. The Kier molecular flexibility index (Phi) is 8.81. The zero-order valence-electron chi connectivity index (χ0n) is 28.1. The van der Waals surface area contributed by atoms with Gasteiger partial charge in [-0.3, -0.25) is 19.5 Å². The van der Waals surface area contributed by atoms with E-state index in [1.54, 1.807) is 17.0 Å². The van der Waals surface area contributed by atoms with Crippen LogP contribution < -0.4 is 10.2 Å². The van der Waals surface area contributed by atoms with Crippen LogP contribution in [0.3, 0.4) is 0 Å². The third-order valence-corrected chi connectivity index (χ3v) is 10.6. The number of anilines is 1. The molecule has 13 heteroatoms. The van der Waals surface area contributed by atoms with Crippen molar-refractivity contribution in [1.82, 2.24) is 29.4 Å². The van der Waals surface area contributed by atoms with Crippen LogP contribution in [0.15, 0.2) is 36.5 Å². The summed E-state index contributed by atoms with van der Waals surface area (Å²) in [5.41, 5.74) is 1.10. The van der Waals surface area contributed by atoms with Crippen molar-refractivity contribution in [1.29, 1.82) is 0 Å². The fraction of sp³-hybridized carbons (Fsp3) is 0.600. The Balaban J connectivity index is 1.16. The van der Waals surface area contributed by atoms with Gasteiger partial charge in [-0.25, -0.2) is 9.37 Å². The molecule has 0 spiro atoms. The molecule has 9 nitrogen and oxygen atoms in total. The molecular weight excluding hydrogens is 626 g/mol. The molecule has 4 aliphatic rings. The Morgan fingerprint density at radius 3 is 2.50 bits per heavy atom. The molecule has 0 bridgehead atoms. The lowest BCUT2D eigenvalue weighted by molar-refractivity contribution is -0.140. The lowest BCUT2D eigenvalue weighted by Gasteiger charge is -2.48. The summed E-state index contributed by atoms with van der Waals surface area (Å²) in [6.07, 6.45) is -3.34. The summed E-state index contributed by atoms with van der Waals surface area (Å²) < 4.78 is 62.5. The van der Waals surface area contributed by atoms with Gasteiger partial charge < -0.3 is 19.4 Å². The minimum Gasteiger partial charge on any atom is -0.378 e. The second-order valence-electron chi connectivity index (χ2n) is 14.8. The van der Waals surface area contributed by atoms with E-state index in [4.69, 9.17) is 4.74 Å². The Morgan fingerprint density at radius 1 is 1.08 bits per heavy atom. The lowest BCUT2D eigenvalue weighted by atomic mass is 9.90. The molecule has 1 N–H and O–H groups in total. The number of hydrogen-bond donors (Lipinski definition) is 1. The van der Waals surface area contributed by atoms with Crippen LogP contribution >= 0.6 is 0 Å². The third kappa shape index (κ3) is 6.47. The van der Waals surface area contributed by atoms with E-state index < -0.39 is 23.1 Å². The number of nitrogens with zero attached hydrogens (tertiary/aromatic N) is 6. The van der Waals surface area contributed by atoms with Crippen molar-refractivity contribution in [3.63, 3.8) is 0 Å². The van der Waals surface area contributed by atoms with Crippen molar-refractivity contribution in [2.75, 3.05) is 70.5 Å². The number of fused-ring (bicyclic) bond motifs is 3. The molecule has 3 fully saturated rings. The van der Waals surface area contributed by atoms with Gasteiger partial charge in [0.1, 0.15) is 11.5 Å². The minimum absolute atomic E-state index is 0.0768. The molecule has 0 radical (unpaired) electrons. The largest absolute Gasteiger partial charge is 0.434 e. The molecule has 6 heterocycles. The molecular formula is C35H45F4N7O2. The fourth-order valence-electron chi connectivity index (χ4n) is 7.94. The molecule has 260 valence electrons. The molecule has 3 saturated heterocycles. The maximum absolute atomic E-state index is 14.3. The van der Waals surface area contributed by atoms with Crippen LogP contribution in [-0.4, -0.2) is 120 Å². The number of pyridine rings is 1. The summed E-state index contributed by atoms with van der Waals surface area (Å²) in [4.78, 5) is 27.4. The number of amides is 1. The average Bonchev–Trinajstić information content (AvgIpc) is 3.55. The van der Waals surface area contributed by atoms with Crippen molar-refractivity contribution in [3.8, 4) is 0 Å². The smallest absolute Gasteiger partial charge is 0.378 e. The second-order valence-corrected chi connectivity index (χ2v) is 14.8. The molecule has 0 saturated carbocycles. The van der Waals surface area contributed by atoms with Gasteiger partial charge in [-0.1, -0.05) is 26.0 Å². The van der Waals surface area contributed by atoms with E-state index in [0.29, 0.717) is 35.6 Å². The first-order valence-corrected chi connectivity index (χ1v) is 17.0. The van der Waals surface area contributed by atoms with E-state index in [1.807, 2.05) is 19.9 Å². The molecule has 0 aliphatic carbocycles. The minimum atomic E-state index is -4.63. The quantitative estimate of drug-likeness (QED) is 0.384. The Labute approximate surface area is 278 Å². The number of hydrogen-bond acceptors (Lipinski definition) is 7. The van der Waals surface area contributed by atoms with Gasteiger partial charge in [-0.2, -0.15) is 13.2 Å². The Bertz CT molecular complexity index is 1660. The lowest BCUT2D eigenvalue weighted by Crippen LogP contribution is -2.64. The summed E-state index contributed by atoms with van der Waals surface area (Å²) in [6.45, 7) is 15.8. The zero-order valence-corrected chi connectivity index (χ0v) is 28.1. The Morgan fingerprint density at radius 2 is 1.83 bits per heavy atom. The predicted molar refractivity (Wildman–Crippen MR) is 175 cm³/mol. The number of piperazine rings is 2. The number of ether oxygens (including phenoxy) is 1. The number of halogens is 4. The van der Waals surface area contributed by atoms with Crippen molar-refractivity contribution >= 4 is 17.2 Å². The van der Waals surface area contributed by atoms with Crippen LogP contribution in [0.5, 0.6) is 0 Å². The summed E-state index contributed by atoms with van der Waals surface area (Å²) in [7, 11) is 0. The number of carbonyl (C=O) groups is 1. The topological polar surface area (TPSA) is 68.6 Å². The molecule has 48 heavy (non-hydrogen) atoms. The monoisotopic (exact) mass is 671 g/mol. The van der Waals surface area contributed by atoms with Gasteiger partial charge in [0.05, 0.1) is 37.2 Å². The summed E-state index contributed by atoms with van der Waals surface area (Å²) in [5.74, 6) is -0.468. The van der Waals surface area contributed by atoms with Crippen LogP contribution in [0.1, 0.15) is 50.2 Å². The van der Waals surface area contributed by atoms with E-state index in [-0.39, 0.29) is 36.6 Å². The molecule has 1 amide bonds. The Hall–Kier alpha value is -3.10. The molecule has 2 aromatic heterocycles. The second kappa shape index (κ2) is 12.7. The van der Waals surface area contributed by atoms with Gasteiger partial charge in [0, 0.05) is 87.5 Å².